The number of hydrogen-bond acceptors (Lipinski definition) is 6. The van der Waals surface area contributed by atoms with Crippen molar-refractivity contribution < 1.29 is 9.90 Å². The van der Waals surface area contributed by atoms with Gasteiger partial charge in [0, 0.05) is 12.7 Å². The number of aromatic amines is 1. The first-order chi connectivity index (χ1) is 9.79. The molecule has 0 aliphatic rings. The van der Waals surface area contributed by atoms with Gasteiger partial charge in [-0.05, 0) is 37.2 Å². The lowest BCUT2D eigenvalue weighted by atomic mass is 10.1. The van der Waals surface area contributed by atoms with Gasteiger partial charge >= 0.3 is 17.1 Å². The minimum absolute atomic E-state index is 0.0473. The zero-order chi connectivity index (χ0) is 15.7. The molecule has 2 heterocycles. The molecule has 0 aromatic carbocycles. The van der Waals surface area contributed by atoms with E-state index in [4.69, 9.17) is 0 Å². The third-order valence-electron chi connectivity index (χ3n) is 2.66. The van der Waals surface area contributed by atoms with Crippen LogP contribution in [-0.4, -0.2) is 30.8 Å². The smallest absolute Gasteiger partial charge is 0.339 e. The van der Waals surface area contributed by atoms with Gasteiger partial charge in [0.1, 0.15) is 5.03 Å². The van der Waals surface area contributed by atoms with Crippen molar-refractivity contribution in [2.24, 2.45) is 7.05 Å². The van der Waals surface area contributed by atoms with Crippen LogP contribution in [0.3, 0.4) is 0 Å². The van der Waals surface area contributed by atoms with Gasteiger partial charge in [0.15, 0.2) is 5.16 Å². The number of aromatic nitrogens is 4. The first-order valence-electron chi connectivity index (χ1n) is 5.86. The number of rotatable bonds is 3. The second-order valence-corrected chi connectivity index (χ2v) is 5.32. The monoisotopic (exact) mass is 308 g/mol. The van der Waals surface area contributed by atoms with Gasteiger partial charge in [0.25, 0.3) is 0 Å². The van der Waals surface area contributed by atoms with E-state index in [2.05, 4.69) is 15.1 Å². The summed E-state index contributed by atoms with van der Waals surface area (Å²) in [5.74, 6) is -1.11. The van der Waals surface area contributed by atoms with E-state index in [-0.39, 0.29) is 15.7 Å². The lowest BCUT2D eigenvalue weighted by Gasteiger charge is -2.10. The van der Waals surface area contributed by atoms with Crippen LogP contribution in [0.25, 0.3) is 0 Å². The Morgan fingerprint density at radius 2 is 2.00 bits per heavy atom. The predicted octanol–water partition coefficient (Wildman–Crippen LogP) is 0.330. The van der Waals surface area contributed by atoms with Crippen LogP contribution >= 0.6 is 11.8 Å². The van der Waals surface area contributed by atoms with E-state index >= 15 is 0 Å². The molecule has 2 aromatic rings. The number of hydrogen-bond donors (Lipinski definition) is 2. The standard InChI is InChI=1S/C12H12N4O4S/c1-5-4-6(2)13-10(7(5)11(19)20)21-12-14-8(17)9(18)15-16(12)3/h4H,1-3H3,(H,15,18)(H,19,20). The van der Waals surface area contributed by atoms with E-state index in [9.17, 15) is 19.5 Å². The Morgan fingerprint density at radius 3 is 2.62 bits per heavy atom. The normalized spacial score (nSPS) is 10.6. The highest BCUT2D eigenvalue weighted by Gasteiger charge is 2.18. The fourth-order valence-corrected chi connectivity index (χ4v) is 2.80. The molecular weight excluding hydrogens is 296 g/mol. The van der Waals surface area contributed by atoms with Crippen LogP contribution in [0.15, 0.2) is 25.8 Å². The lowest BCUT2D eigenvalue weighted by Crippen LogP contribution is -2.33. The van der Waals surface area contributed by atoms with Gasteiger partial charge < -0.3 is 5.11 Å². The SMILES string of the molecule is Cc1cc(C)c(C(=O)O)c(Sc2nc(=O)c(=O)[nH]n2C)n1. The van der Waals surface area contributed by atoms with E-state index in [1.807, 2.05) is 0 Å². The molecule has 110 valence electrons. The zero-order valence-corrected chi connectivity index (χ0v) is 12.3. The molecule has 0 atom stereocenters. The first kappa shape index (κ1) is 15.0. The van der Waals surface area contributed by atoms with Gasteiger partial charge in [-0.3, -0.25) is 19.4 Å². The van der Waals surface area contributed by atoms with Crippen molar-refractivity contribution in [3.05, 3.63) is 43.6 Å². The van der Waals surface area contributed by atoms with Crippen LogP contribution in [0.5, 0.6) is 0 Å². The molecule has 8 nitrogen and oxygen atoms in total. The lowest BCUT2D eigenvalue weighted by molar-refractivity contribution is 0.0691. The summed E-state index contributed by atoms with van der Waals surface area (Å²) in [5, 5.41) is 11.9. The number of nitrogens with one attached hydrogen (secondary N) is 1. The number of H-pyrrole nitrogens is 1. The second kappa shape index (κ2) is 5.52. The molecule has 0 unspecified atom stereocenters. The molecule has 2 aromatic heterocycles. The Bertz CT molecular complexity index is 840. The number of pyridine rings is 1. The number of aromatic carboxylic acids is 1. The molecule has 21 heavy (non-hydrogen) atoms. The third-order valence-corrected chi connectivity index (χ3v) is 3.70. The summed E-state index contributed by atoms with van der Waals surface area (Å²) >= 11 is 0.910. The maximum absolute atomic E-state index is 11.3. The fourth-order valence-electron chi connectivity index (χ4n) is 1.77. The summed E-state index contributed by atoms with van der Waals surface area (Å²) in [6.07, 6.45) is 0. The highest BCUT2D eigenvalue weighted by Crippen LogP contribution is 2.28. The Labute approximate surface area is 122 Å². The number of carbonyl (C=O) groups is 1. The number of nitrogens with zero attached hydrogens (tertiary/aromatic N) is 3. The summed E-state index contributed by atoms with van der Waals surface area (Å²) < 4.78 is 1.25. The minimum atomic E-state index is -1.11. The topological polar surface area (TPSA) is 118 Å². The number of carboxylic acids is 1. The quantitative estimate of drug-likeness (QED) is 0.784. The van der Waals surface area contributed by atoms with Crippen molar-refractivity contribution in [3.8, 4) is 0 Å². The maximum Gasteiger partial charge on any atom is 0.339 e. The van der Waals surface area contributed by atoms with Crippen molar-refractivity contribution in [2.75, 3.05) is 0 Å². The molecule has 0 spiro atoms. The molecule has 0 amide bonds. The highest BCUT2D eigenvalue weighted by atomic mass is 32.2. The van der Waals surface area contributed by atoms with Crippen molar-refractivity contribution in [2.45, 2.75) is 24.0 Å². The predicted molar refractivity (Wildman–Crippen MR) is 74.9 cm³/mol. The molecule has 0 fully saturated rings. The van der Waals surface area contributed by atoms with E-state index < -0.39 is 17.1 Å². The minimum Gasteiger partial charge on any atom is -0.478 e. The Morgan fingerprint density at radius 1 is 1.33 bits per heavy atom. The molecule has 0 radical (unpaired) electrons. The van der Waals surface area contributed by atoms with Gasteiger partial charge in [0.2, 0.25) is 0 Å². The molecule has 0 aliphatic carbocycles. The molecule has 0 bridgehead atoms. The van der Waals surface area contributed by atoms with Gasteiger partial charge in [-0.1, -0.05) is 0 Å². The van der Waals surface area contributed by atoms with E-state index in [0.29, 0.717) is 11.3 Å². The van der Waals surface area contributed by atoms with Gasteiger partial charge in [-0.2, -0.15) is 4.98 Å². The zero-order valence-electron chi connectivity index (χ0n) is 11.5. The number of carboxylic acid groups (broad SMARTS) is 1. The van der Waals surface area contributed by atoms with Gasteiger partial charge in [-0.15, -0.1) is 0 Å². The Kier molecular flexibility index (Phi) is 3.94. The number of aryl methyl sites for hydroxylation is 3. The Hall–Kier alpha value is -2.42. The second-order valence-electron chi connectivity index (χ2n) is 4.37. The molecule has 0 saturated heterocycles. The summed E-state index contributed by atoms with van der Waals surface area (Å²) in [4.78, 5) is 41.6. The van der Waals surface area contributed by atoms with Crippen molar-refractivity contribution in [1.29, 1.82) is 0 Å². The van der Waals surface area contributed by atoms with Crippen LogP contribution in [0.2, 0.25) is 0 Å². The van der Waals surface area contributed by atoms with Crippen LogP contribution in [0.4, 0.5) is 0 Å². The molecule has 2 N–H and O–H groups in total. The van der Waals surface area contributed by atoms with E-state index in [1.165, 1.54) is 11.7 Å². The summed E-state index contributed by atoms with van der Waals surface area (Å²) in [6, 6.07) is 1.66. The average molecular weight is 308 g/mol. The maximum atomic E-state index is 11.3. The first-order valence-corrected chi connectivity index (χ1v) is 6.68. The Balaban J connectivity index is 2.59. The summed E-state index contributed by atoms with van der Waals surface area (Å²) in [7, 11) is 1.50. The van der Waals surface area contributed by atoms with Crippen molar-refractivity contribution in [3.63, 3.8) is 0 Å². The molecule has 0 aliphatic heterocycles. The summed E-state index contributed by atoms with van der Waals surface area (Å²) in [6.45, 7) is 3.41. The molecular formula is C12H12N4O4S. The van der Waals surface area contributed by atoms with Crippen LogP contribution in [0.1, 0.15) is 21.6 Å². The molecule has 9 heteroatoms. The molecule has 2 rings (SSSR count). The van der Waals surface area contributed by atoms with E-state index in [1.54, 1.807) is 19.9 Å². The fraction of sp³-hybridized carbons (Fsp3) is 0.250. The molecule has 0 saturated carbocycles. The third kappa shape index (κ3) is 3.02. The van der Waals surface area contributed by atoms with Crippen LogP contribution in [0, 0.1) is 13.8 Å². The van der Waals surface area contributed by atoms with Gasteiger partial charge in [0.05, 0.1) is 5.56 Å². The van der Waals surface area contributed by atoms with Gasteiger partial charge in [-0.25, -0.2) is 9.78 Å². The highest BCUT2D eigenvalue weighted by molar-refractivity contribution is 7.99. The van der Waals surface area contributed by atoms with E-state index in [0.717, 1.165) is 11.8 Å². The largest absolute Gasteiger partial charge is 0.478 e. The van der Waals surface area contributed by atoms with Crippen molar-refractivity contribution in [1.82, 2.24) is 19.7 Å². The van der Waals surface area contributed by atoms with Crippen molar-refractivity contribution >= 4 is 17.7 Å². The average Bonchev–Trinajstić information content (AvgIpc) is 2.34. The van der Waals surface area contributed by atoms with Crippen LogP contribution in [-0.2, 0) is 7.05 Å². The summed E-state index contributed by atoms with van der Waals surface area (Å²) in [5.41, 5.74) is -0.516. The van der Waals surface area contributed by atoms with Crippen LogP contribution < -0.4 is 11.1 Å².